The molecule has 3 aromatic carbocycles. The number of thiocarbonyl (C=S) groups is 1. The van der Waals surface area contributed by atoms with Crippen LogP contribution < -0.4 is 19.7 Å². The molecule has 3 rings (SSSR count). The Morgan fingerprint density at radius 2 is 1.90 bits per heavy atom. The molecule has 0 bridgehead atoms. The minimum atomic E-state index is -4.08. The van der Waals surface area contributed by atoms with Crippen LogP contribution in [0.3, 0.4) is 0 Å². The first-order valence-corrected chi connectivity index (χ1v) is 11.0. The normalized spacial score (nSPS) is 11.3. The minimum Gasteiger partial charge on any atom is -0.493 e. The lowest BCUT2D eigenvalue weighted by molar-refractivity contribution is 0.390. The van der Waals surface area contributed by atoms with Crippen molar-refractivity contribution in [2.75, 3.05) is 13.7 Å². The van der Waals surface area contributed by atoms with Crippen molar-refractivity contribution in [3.8, 4) is 11.5 Å². The Labute approximate surface area is 186 Å². The van der Waals surface area contributed by atoms with E-state index >= 15 is 0 Å². The molecule has 0 unspecified atom stereocenters. The SMILES string of the molecule is C=CCNC(=S)N/N=C\c1ccc(OS(=O)(=O)c2cccc3ccccc23)c(OC)c1. The zero-order chi connectivity index (χ0) is 22.3. The summed E-state index contributed by atoms with van der Waals surface area (Å²) in [6.07, 6.45) is 3.20. The average molecular weight is 456 g/mol. The van der Waals surface area contributed by atoms with Crippen molar-refractivity contribution in [3.63, 3.8) is 0 Å². The van der Waals surface area contributed by atoms with Gasteiger partial charge in [0.05, 0.1) is 13.3 Å². The number of benzene rings is 3. The second kappa shape index (κ2) is 10.1. The summed E-state index contributed by atoms with van der Waals surface area (Å²) in [6.45, 7) is 4.11. The van der Waals surface area contributed by atoms with E-state index < -0.39 is 10.1 Å². The first-order chi connectivity index (χ1) is 14.9. The van der Waals surface area contributed by atoms with Crippen LogP contribution >= 0.6 is 12.2 Å². The van der Waals surface area contributed by atoms with E-state index in [-0.39, 0.29) is 16.4 Å². The molecule has 0 aliphatic rings. The van der Waals surface area contributed by atoms with E-state index in [4.69, 9.17) is 21.1 Å². The molecule has 9 heteroatoms. The van der Waals surface area contributed by atoms with Crippen LogP contribution in [0.15, 0.2) is 83.3 Å². The van der Waals surface area contributed by atoms with Gasteiger partial charge in [-0.2, -0.15) is 13.5 Å². The topological polar surface area (TPSA) is 89.0 Å². The molecule has 0 heterocycles. The molecule has 0 aromatic heterocycles. The lowest BCUT2D eigenvalue weighted by atomic mass is 10.1. The smallest absolute Gasteiger partial charge is 0.339 e. The van der Waals surface area contributed by atoms with Crippen molar-refractivity contribution >= 4 is 44.4 Å². The molecule has 2 N–H and O–H groups in total. The van der Waals surface area contributed by atoms with Crippen LogP contribution in [0, 0.1) is 0 Å². The van der Waals surface area contributed by atoms with Gasteiger partial charge in [0.2, 0.25) is 0 Å². The number of nitrogens with zero attached hydrogens (tertiary/aromatic N) is 1. The molecule has 0 aliphatic heterocycles. The Kier molecular flexibility index (Phi) is 7.22. The first kappa shape index (κ1) is 22.3. The molecule has 0 amide bonds. The zero-order valence-corrected chi connectivity index (χ0v) is 18.4. The molecule has 7 nitrogen and oxygen atoms in total. The predicted molar refractivity (Wildman–Crippen MR) is 126 cm³/mol. The van der Waals surface area contributed by atoms with E-state index in [1.165, 1.54) is 25.5 Å². The summed E-state index contributed by atoms with van der Waals surface area (Å²) in [5.74, 6) is 0.323. The zero-order valence-electron chi connectivity index (χ0n) is 16.7. The summed E-state index contributed by atoms with van der Waals surface area (Å²) in [6, 6.07) is 17.0. The van der Waals surface area contributed by atoms with E-state index in [1.807, 2.05) is 18.2 Å². The van der Waals surface area contributed by atoms with Crippen LogP contribution in [-0.4, -0.2) is 33.4 Å². The van der Waals surface area contributed by atoms with Gasteiger partial charge in [-0.3, -0.25) is 5.43 Å². The van der Waals surface area contributed by atoms with Crippen molar-refractivity contribution in [2.45, 2.75) is 4.90 Å². The number of ether oxygens (including phenoxy) is 1. The molecule has 3 aromatic rings. The Hall–Kier alpha value is -3.43. The summed E-state index contributed by atoms with van der Waals surface area (Å²) in [7, 11) is -2.65. The van der Waals surface area contributed by atoms with E-state index in [0.29, 0.717) is 22.6 Å². The number of methoxy groups -OCH3 is 1. The van der Waals surface area contributed by atoms with Gasteiger partial charge in [-0.25, -0.2) is 0 Å². The third-order valence-electron chi connectivity index (χ3n) is 4.19. The van der Waals surface area contributed by atoms with E-state index in [9.17, 15) is 8.42 Å². The molecular formula is C22H21N3O4S2. The Morgan fingerprint density at radius 3 is 2.68 bits per heavy atom. The quantitative estimate of drug-likeness (QED) is 0.176. The highest BCUT2D eigenvalue weighted by Gasteiger charge is 2.21. The van der Waals surface area contributed by atoms with Crippen molar-refractivity contribution in [1.29, 1.82) is 0 Å². The summed E-state index contributed by atoms with van der Waals surface area (Å²) in [5, 5.41) is 8.65. The van der Waals surface area contributed by atoms with E-state index in [0.717, 1.165) is 5.39 Å². The van der Waals surface area contributed by atoms with Crippen LogP contribution in [0.25, 0.3) is 10.8 Å². The standard InChI is InChI=1S/C22H21N3O4S2/c1-3-13-23-22(30)25-24-15-16-11-12-19(20(14-16)28-2)29-31(26,27)21-10-6-8-17-7-4-5-9-18(17)21/h3-12,14-15H,1,13H2,2H3,(H2,23,25,30)/b24-15-. The third-order valence-corrected chi connectivity index (χ3v) is 5.72. The largest absolute Gasteiger partial charge is 0.493 e. The van der Waals surface area contributed by atoms with Crippen LogP contribution in [0.4, 0.5) is 0 Å². The Morgan fingerprint density at radius 1 is 1.13 bits per heavy atom. The summed E-state index contributed by atoms with van der Waals surface area (Å²) >= 11 is 5.05. The van der Waals surface area contributed by atoms with Crippen molar-refractivity contribution in [1.82, 2.24) is 10.7 Å². The van der Waals surface area contributed by atoms with Gasteiger partial charge in [0.15, 0.2) is 16.6 Å². The van der Waals surface area contributed by atoms with Crippen LogP contribution in [0.5, 0.6) is 11.5 Å². The molecule has 0 spiro atoms. The number of rotatable bonds is 8. The lowest BCUT2D eigenvalue weighted by Gasteiger charge is -2.12. The van der Waals surface area contributed by atoms with Gasteiger partial charge >= 0.3 is 10.1 Å². The fourth-order valence-electron chi connectivity index (χ4n) is 2.78. The minimum absolute atomic E-state index is 0.0729. The molecule has 0 saturated carbocycles. The summed E-state index contributed by atoms with van der Waals surface area (Å²) in [5.41, 5.74) is 3.33. The van der Waals surface area contributed by atoms with E-state index in [2.05, 4.69) is 22.4 Å². The summed E-state index contributed by atoms with van der Waals surface area (Å²) < 4.78 is 36.6. The monoisotopic (exact) mass is 455 g/mol. The van der Waals surface area contributed by atoms with Crippen molar-refractivity contribution in [3.05, 3.63) is 78.9 Å². The second-order valence-corrected chi connectivity index (χ2v) is 8.22. The van der Waals surface area contributed by atoms with Gasteiger partial charge in [0.1, 0.15) is 4.90 Å². The fraction of sp³-hybridized carbons (Fsp3) is 0.0909. The highest BCUT2D eigenvalue weighted by molar-refractivity contribution is 7.87. The van der Waals surface area contributed by atoms with Gasteiger partial charge in [-0.15, -0.1) is 6.58 Å². The molecular weight excluding hydrogens is 434 g/mol. The highest BCUT2D eigenvalue weighted by Crippen LogP contribution is 2.32. The van der Waals surface area contributed by atoms with Crippen LogP contribution in [0.2, 0.25) is 0 Å². The molecule has 160 valence electrons. The van der Waals surface area contributed by atoms with Gasteiger partial charge in [-0.1, -0.05) is 42.5 Å². The Bertz CT molecular complexity index is 1240. The molecule has 0 saturated heterocycles. The molecule has 0 atom stereocenters. The van der Waals surface area contributed by atoms with Gasteiger partial charge < -0.3 is 14.2 Å². The average Bonchev–Trinajstić information content (AvgIpc) is 2.78. The maximum absolute atomic E-state index is 13.0. The first-order valence-electron chi connectivity index (χ1n) is 9.22. The van der Waals surface area contributed by atoms with Gasteiger partial charge in [0, 0.05) is 11.9 Å². The predicted octanol–water partition coefficient (Wildman–Crippen LogP) is 3.60. The van der Waals surface area contributed by atoms with E-state index in [1.54, 1.807) is 36.4 Å². The van der Waals surface area contributed by atoms with Crippen LogP contribution in [0.1, 0.15) is 5.56 Å². The van der Waals surface area contributed by atoms with Gasteiger partial charge in [0.25, 0.3) is 0 Å². The summed E-state index contributed by atoms with van der Waals surface area (Å²) in [4.78, 5) is 0.0861. The number of fused-ring (bicyclic) bond motifs is 1. The number of hydrazone groups is 1. The maximum Gasteiger partial charge on any atom is 0.339 e. The molecule has 31 heavy (non-hydrogen) atoms. The fourth-order valence-corrected chi connectivity index (χ4v) is 4.08. The molecule has 0 radical (unpaired) electrons. The van der Waals surface area contributed by atoms with Crippen LogP contribution in [-0.2, 0) is 10.1 Å². The van der Waals surface area contributed by atoms with Crippen molar-refractivity contribution in [2.24, 2.45) is 5.10 Å². The number of hydrogen-bond acceptors (Lipinski definition) is 6. The van der Waals surface area contributed by atoms with Gasteiger partial charge in [-0.05, 0) is 47.4 Å². The number of hydrogen-bond donors (Lipinski definition) is 2. The maximum atomic E-state index is 13.0. The number of nitrogens with one attached hydrogen (secondary N) is 2. The highest BCUT2D eigenvalue weighted by atomic mass is 32.2. The third kappa shape index (κ3) is 5.59. The Balaban J connectivity index is 1.81. The second-order valence-electron chi connectivity index (χ2n) is 6.29. The molecule has 0 aliphatic carbocycles. The van der Waals surface area contributed by atoms with Crippen molar-refractivity contribution < 1.29 is 17.3 Å². The lowest BCUT2D eigenvalue weighted by Crippen LogP contribution is -2.31. The molecule has 0 fully saturated rings.